The van der Waals surface area contributed by atoms with Crippen LogP contribution in [0.2, 0.25) is 0 Å². The first-order valence-corrected chi connectivity index (χ1v) is 8.11. The monoisotopic (exact) mass is 282 g/mol. The van der Waals surface area contributed by atoms with Gasteiger partial charge < -0.3 is 10.4 Å². The van der Waals surface area contributed by atoms with Gasteiger partial charge in [-0.1, -0.05) is 27.2 Å². The number of nitrogens with zero attached hydrogens (tertiary/aromatic N) is 1. The molecule has 0 aromatic rings. The number of aliphatic carboxylic acids is 1. The summed E-state index contributed by atoms with van der Waals surface area (Å²) in [6, 6.07) is 1.73. The van der Waals surface area contributed by atoms with E-state index >= 15 is 0 Å². The van der Waals surface area contributed by atoms with Gasteiger partial charge in [0.25, 0.3) is 0 Å². The standard InChI is InChI=1S/C16H30N2O2/c1-4-18(11-15(19)20)14-8-13(9-14)17-12-6-5-7-16(2,3)10-12/h12-14,17H,4-11H2,1-3H3,(H,19,20). The molecule has 2 aliphatic carbocycles. The number of carboxylic acid groups (broad SMARTS) is 1. The molecule has 0 aromatic heterocycles. The lowest BCUT2D eigenvalue weighted by molar-refractivity contribution is -0.139. The Bertz CT molecular complexity index is 337. The van der Waals surface area contributed by atoms with Gasteiger partial charge in [-0.15, -0.1) is 0 Å². The molecule has 0 aliphatic heterocycles. The molecule has 0 spiro atoms. The summed E-state index contributed by atoms with van der Waals surface area (Å²) in [5, 5.41) is 12.7. The maximum absolute atomic E-state index is 10.8. The van der Waals surface area contributed by atoms with Crippen LogP contribution in [0.5, 0.6) is 0 Å². The minimum Gasteiger partial charge on any atom is -0.480 e. The van der Waals surface area contributed by atoms with Gasteiger partial charge >= 0.3 is 5.97 Å². The molecule has 1 atom stereocenters. The minimum absolute atomic E-state index is 0.185. The van der Waals surface area contributed by atoms with E-state index in [1.807, 2.05) is 6.92 Å². The van der Waals surface area contributed by atoms with Crippen molar-refractivity contribution in [2.45, 2.75) is 77.4 Å². The largest absolute Gasteiger partial charge is 0.480 e. The Balaban J connectivity index is 1.72. The quantitative estimate of drug-likeness (QED) is 0.786. The molecule has 4 nitrogen and oxygen atoms in total. The maximum atomic E-state index is 10.8. The highest BCUT2D eigenvalue weighted by molar-refractivity contribution is 5.69. The highest BCUT2D eigenvalue weighted by Crippen LogP contribution is 2.36. The second-order valence-electron chi connectivity index (χ2n) is 7.40. The highest BCUT2D eigenvalue weighted by atomic mass is 16.4. The van der Waals surface area contributed by atoms with E-state index in [9.17, 15) is 4.79 Å². The van der Waals surface area contributed by atoms with Crippen LogP contribution in [0.4, 0.5) is 0 Å². The number of hydrogen-bond acceptors (Lipinski definition) is 3. The first kappa shape index (κ1) is 15.8. The molecule has 0 bridgehead atoms. The third kappa shape index (κ3) is 4.19. The van der Waals surface area contributed by atoms with Gasteiger partial charge in [0.05, 0.1) is 6.54 Å². The number of carboxylic acids is 1. The number of rotatable bonds is 6. The van der Waals surface area contributed by atoms with Gasteiger partial charge in [0.15, 0.2) is 0 Å². The van der Waals surface area contributed by atoms with Crippen molar-refractivity contribution in [3.63, 3.8) is 0 Å². The molecule has 2 rings (SSSR count). The van der Waals surface area contributed by atoms with Crippen LogP contribution in [-0.4, -0.2) is 47.2 Å². The summed E-state index contributed by atoms with van der Waals surface area (Å²) in [5.74, 6) is -0.711. The van der Waals surface area contributed by atoms with Crippen molar-refractivity contribution in [3.8, 4) is 0 Å². The SMILES string of the molecule is CCN(CC(=O)O)C1CC(NC2CCCC(C)(C)C2)C1. The van der Waals surface area contributed by atoms with E-state index < -0.39 is 5.97 Å². The van der Waals surface area contributed by atoms with Crippen LogP contribution < -0.4 is 5.32 Å². The normalized spacial score (nSPS) is 32.9. The molecule has 4 heteroatoms. The Hall–Kier alpha value is -0.610. The van der Waals surface area contributed by atoms with Crippen molar-refractivity contribution < 1.29 is 9.90 Å². The third-order valence-corrected chi connectivity index (χ3v) is 5.05. The lowest BCUT2D eigenvalue weighted by Crippen LogP contribution is -2.56. The Morgan fingerprint density at radius 1 is 1.35 bits per heavy atom. The highest BCUT2D eigenvalue weighted by Gasteiger charge is 2.36. The maximum Gasteiger partial charge on any atom is 0.317 e. The average Bonchev–Trinajstić information content (AvgIpc) is 2.29. The van der Waals surface area contributed by atoms with Crippen LogP contribution in [0.15, 0.2) is 0 Å². The van der Waals surface area contributed by atoms with Gasteiger partial charge in [0, 0.05) is 18.1 Å². The molecule has 0 radical (unpaired) electrons. The van der Waals surface area contributed by atoms with Gasteiger partial charge in [-0.3, -0.25) is 9.69 Å². The molecule has 2 fully saturated rings. The Labute approximate surface area is 122 Å². The topological polar surface area (TPSA) is 52.6 Å². The molecule has 0 saturated heterocycles. The van der Waals surface area contributed by atoms with E-state index in [0.29, 0.717) is 23.5 Å². The van der Waals surface area contributed by atoms with Gasteiger partial charge in [-0.05, 0) is 44.1 Å². The van der Waals surface area contributed by atoms with Gasteiger partial charge in [-0.25, -0.2) is 0 Å². The van der Waals surface area contributed by atoms with Gasteiger partial charge in [0.1, 0.15) is 0 Å². The summed E-state index contributed by atoms with van der Waals surface area (Å²) in [5.41, 5.74) is 0.484. The van der Waals surface area contributed by atoms with E-state index in [1.165, 1.54) is 25.7 Å². The summed E-state index contributed by atoms with van der Waals surface area (Å²) in [6.45, 7) is 7.81. The molecule has 1 unspecified atom stereocenters. The number of nitrogens with one attached hydrogen (secondary N) is 1. The van der Waals surface area contributed by atoms with Crippen molar-refractivity contribution in [1.29, 1.82) is 0 Å². The fourth-order valence-electron chi connectivity index (χ4n) is 3.87. The molecule has 116 valence electrons. The predicted octanol–water partition coefficient (Wildman–Crippen LogP) is 2.48. The van der Waals surface area contributed by atoms with Crippen LogP contribution in [0.25, 0.3) is 0 Å². The molecule has 2 N–H and O–H groups in total. The number of likely N-dealkylation sites (N-methyl/N-ethyl adjacent to an activating group) is 1. The molecule has 2 saturated carbocycles. The smallest absolute Gasteiger partial charge is 0.317 e. The van der Waals surface area contributed by atoms with Crippen LogP contribution >= 0.6 is 0 Å². The Kier molecular flexibility index (Phi) is 5.08. The van der Waals surface area contributed by atoms with Crippen molar-refractivity contribution in [2.75, 3.05) is 13.1 Å². The summed E-state index contributed by atoms with van der Waals surface area (Å²) in [7, 11) is 0. The second-order valence-corrected chi connectivity index (χ2v) is 7.40. The van der Waals surface area contributed by atoms with Crippen molar-refractivity contribution >= 4 is 5.97 Å². The number of carbonyl (C=O) groups is 1. The minimum atomic E-state index is -0.711. The zero-order valence-electron chi connectivity index (χ0n) is 13.2. The summed E-state index contributed by atoms with van der Waals surface area (Å²) in [6.07, 6.45) is 7.48. The first-order chi connectivity index (χ1) is 9.39. The second kappa shape index (κ2) is 6.44. The molecule has 0 amide bonds. The summed E-state index contributed by atoms with van der Waals surface area (Å²) < 4.78 is 0. The Morgan fingerprint density at radius 3 is 2.60 bits per heavy atom. The van der Waals surface area contributed by atoms with Crippen LogP contribution in [0, 0.1) is 5.41 Å². The molecular weight excluding hydrogens is 252 g/mol. The zero-order chi connectivity index (χ0) is 14.8. The number of hydrogen-bond donors (Lipinski definition) is 2. The lowest BCUT2D eigenvalue weighted by Gasteiger charge is -2.45. The molecule has 0 heterocycles. The molecule has 2 aliphatic rings. The van der Waals surface area contributed by atoms with Crippen LogP contribution in [0.3, 0.4) is 0 Å². The van der Waals surface area contributed by atoms with E-state index in [1.54, 1.807) is 0 Å². The summed E-state index contributed by atoms with van der Waals surface area (Å²) >= 11 is 0. The lowest BCUT2D eigenvalue weighted by atomic mass is 9.74. The fraction of sp³-hybridized carbons (Fsp3) is 0.938. The molecule has 0 aromatic carbocycles. The van der Waals surface area contributed by atoms with Crippen molar-refractivity contribution in [2.24, 2.45) is 5.41 Å². The summed E-state index contributed by atoms with van der Waals surface area (Å²) in [4.78, 5) is 12.9. The van der Waals surface area contributed by atoms with Crippen molar-refractivity contribution in [3.05, 3.63) is 0 Å². The van der Waals surface area contributed by atoms with Crippen molar-refractivity contribution in [1.82, 2.24) is 10.2 Å². The molecular formula is C16H30N2O2. The van der Waals surface area contributed by atoms with Gasteiger partial charge in [-0.2, -0.15) is 0 Å². The third-order valence-electron chi connectivity index (χ3n) is 5.05. The van der Waals surface area contributed by atoms with E-state index in [2.05, 4.69) is 24.1 Å². The van der Waals surface area contributed by atoms with E-state index in [4.69, 9.17) is 5.11 Å². The van der Waals surface area contributed by atoms with E-state index in [-0.39, 0.29) is 6.54 Å². The first-order valence-electron chi connectivity index (χ1n) is 8.11. The van der Waals surface area contributed by atoms with Gasteiger partial charge in [0.2, 0.25) is 0 Å². The predicted molar refractivity (Wildman–Crippen MR) is 80.9 cm³/mol. The zero-order valence-corrected chi connectivity index (χ0v) is 13.2. The Morgan fingerprint density at radius 2 is 2.05 bits per heavy atom. The molecule has 20 heavy (non-hydrogen) atoms. The van der Waals surface area contributed by atoms with Crippen LogP contribution in [-0.2, 0) is 4.79 Å². The fourth-order valence-corrected chi connectivity index (χ4v) is 3.87. The van der Waals surface area contributed by atoms with E-state index in [0.717, 1.165) is 19.4 Å². The van der Waals surface area contributed by atoms with Crippen LogP contribution in [0.1, 0.15) is 59.3 Å². The average molecular weight is 282 g/mol.